The van der Waals surface area contributed by atoms with Crippen LogP contribution in [0.15, 0.2) is 0 Å². The van der Waals surface area contributed by atoms with Crippen LogP contribution in [0.4, 0.5) is 0 Å². The number of hydrogen-bond acceptors (Lipinski definition) is 5. The molecule has 74 valence electrons. The molecule has 0 fully saturated rings. The van der Waals surface area contributed by atoms with Gasteiger partial charge in [-0.25, -0.2) is 0 Å². The number of hydrogen-bond donors (Lipinski definition) is 2. The van der Waals surface area contributed by atoms with Gasteiger partial charge in [-0.3, -0.25) is 0 Å². The van der Waals surface area contributed by atoms with Crippen molar-refractivity contribution >= 4 is 27.4 Å². The van der Waals surface area contributed by atoms with Gasteiger partial charge in [0, 0.05) is 13.7 Å². The van der Waals surface area contributed by atoms with Crippen LogP contribution < -0.4 is 0 Å². The third-order valence-electron chi connectivity index (χ3n) is 1.14. The Morgan fingerprint density at radius 1 is 1.08 bits per heavy atom. The molecular weight excluding hydrogens is 212 g/mol. The number of rotatable bonds is 5. The van der Waals surface area contributed by atoms with E-state index >= 15 is 0 Å². The van der Waals surface area contributed by atoms with Crippen LogP contribution in [0.25, 0.3) is 0 Å². The predicted molar refractivity (Wildman–Crippen MR) is 51.3 cm³/mol. The Hall–Kier alpha value is 0.451. The second-order valence-electron chi connectivity index (χ2n) is 2.50. The Kier molecular flexibility index (Phi) is 5.44. The SMILES string of the molecule is CO[Si](C)(O[SiH](C)O)O[SiH](C)O. The molecule has 2 atom stereocenters. The van der Waals surface area contributed by atoms with Gasteiger partial charge in [-0.2, -0.15) is 0 Å². The molecule has 0 aromatic heterocycles. The normalized spacial score (nSPS) is 21.5. The standard InChI is InChI=1S/C4H16O5Si3/c1-7-12(4,8-10(2)5)9-11(3)6/h5-6,10-11H,1-4H3. The van der Waals surface area contributed by atoms with Crippen molar-refractivity contribution in [1.82, 2.24) is 0 Å². The van der Waals surface area contributed by atoms with E-state index in [4.69, 9.17) is 22.2 Å². The summed E-state index contributed by atoms with van der Waals surface area (Å²) in [4.78, 5) is 18.1. The van der Waals surface area contributed by atoms with Crippen molar-refractivity contribution in [2.45, 2.75) is 19.6 Å². The topological polar surface area (TPSA) is 68.2 Å². The van der Waals surface area contributed by atoms with E-state index in [-0.39, 0.29) is 0 Å². The molecule has 2 N–H and O–H groups in total. The van der Waals surface area contributed by atoms with Gasteiger partial charge in [0.1, 0.15) is 0 Å². The summed E-state index contributed by atoms with van der Waals surface area (Å²) in [5.74, 6) is 0. The van der Waals surface area contributed by atoms with Crippen molar-refractivity contribution in [3.05, 3.63) is 0 Å². The highest BCUT2D eigenvalue weighted by atomic mass is 28.5. The van der Waals surface area contributed by atoms with E-state index < -0.39 is 27.4 Å². The largest absolute Gasteiger partial charge is 0.479 e. The second kappa shape index (κ2) is 5.24. The van der Waals surface area contributed by atoms with E-state index in [1.54, 1.807) is 19.6 Å². The molecule has 12 heavy (non-hydrogen) atoms. The monoisotopic (exact) mass is 228 g/mol. The molecule has 0 aliphatic rings. The molecule has 5 nitrogen and oxygen atoms in total. The van der Waals surface area contributed by atoms with Crippen molar-refractivity contribution in [3.8, 4) is 0 Å². The average molecular weight is 228 g/mol. The average Bonchev–Trinajstić information content (AvgIpc) is 1.83. The minimum atomic E-state index is -2.73. The van der Waals surface area contributed by atoms with Crippen LogP contribution in [0, 0.1) is 0 Å². The first-order chi connectivity index (χ1) is 5.39. The molecular formula is C4H16O5Si3. The minimum Gasteiger partial charge on any atom is -0.413 e. The van der Waals surface area contributed by atoms with Crippen molar-refractivity contribution in [1.29, 1.82) is 0 Å². The highest BCUT2D eigenvalue weighted by molar-refractivity contribution is 6.72. The van der Waals surface area contributed by atoms with Gasteiger partial charge in [-0.15, -0.1) is 0 Å². The molecule has 2 unspecified atom stereocenters. The van der Waals surface area contributed by atoms with E-state index in [9.17, 15) is 0 Å². The molecule has 0 spiro atoms. The maximum Gasteiger partial charge on any atom is 0.479 e. The van der Waals surface area contributed by atoms with Gasteiger partial charge in [0.05, 0.1) is 0 Å². The Bertz CT molecular complexity index is 120. The molecule has 0 amide bonds. The molecule has 0 radical (unpaired) electrons. The summed E-state index contributed by atoms with van der Waals surface area (Å²) in [7, 11) is -5.57. The fraction of sp³-hybridized carbons (Fsp3) is 1.00. The molecule has 0 saturated heterocycles. The van der Waals surface area contributed by atoms with Crippen molar-refractivity contribution < 1.29 is 22.2 Å². The Balaban J connectivity index is 4.04. The van der Waals surface area contributed by atoms with Gasteiger partial charge in [0.2, 0.25) is 0 Å². The zero-order valence-corrected chi connectivity index (χ0v) is 11.1. The van der Waals surface area contributed by atoms with Gasteiger partial charge < -0.3 is 22.2 Å². The quantitative estimate of drug-likeness (QED) is 0.586. The molecule has 0 saturated carbocycles. The molecule has 0 aliphatic heterocycles. The zero-order valence-electron chi connectivity index (χ0n) is 7.77. The van der Waals surface area contributed by atoms with Crippen LogP contribution >= 0.6 is 0 Å². The predicted octanol–water partition coefficient (Wildman–Crippen LogP) is -1.08. The second-order valence-corrected chi connectivity index (χ2v) is 8.92. The third-order valence-corrected chi connectivity index (χ3v) is 8.04. The molecule has 0 aromatic carbocycles. The molecule has 0 aromatic rings. The fourth-order valence-electron chi connectivity index (χ4n) is 0.744. The maximum absolute atomic E-state index is 9.06. The lowest BCUT2D eigenvalue weighted by Gasteiger charge is -2.26. The lowest BCUT2D eigenvalue weighted by Crippen LogP contribution is -2.48. The third kappa shape index (κ3) is 5.16. The lowest BCUT2D eigenvalue weighted by molar-refractivity contribution is 0.187. The van der Waals surface area contributed by atoms with Crippen molar-refractivity contribution in [2.24, 2.45) is 0 Å². The Morgan fingerprint density at radius 2 is 1.42 bits per heavy atom. The van der Waals surface area contributed by atoms with Gasteiger partial charge in [-0.1, -0.05) is 0 Å². The molecule has 0 heterocycles. The Morgan fingerprint density at radius 3 is 1.58 bits per heavy atom. The summed E-state index contributed by atoms with van der Waals surface area (Å²) in [6.07, 6.45) is 0. The highest BCUT2D eigenvalue weighted by Gasteiger charge is 2.36. The van der Waals surface area contributed by atoms with E-state index in [0.717, 1.165) is 0 Å². The summed E-state index contributed by atoms with van der Waals surface area (Å²) >= 11 is 0. The van der Waals surface area contributed by atoms with Crippen LogP contribution in [0.5, 0.6) is 0 Å². The smallest absolute Gasteiger partial charge is 0.413 e. The first-order valence-electron chi connectivity index (χ1n) is 3.66. The maximum atomic E-state index is 9.06. The molecule has 0 rings (SSSR count). The first kappa shape index (κ1) is 12.5. The van der Waals surface area contributed by atoms with E-state index in [1.807, 2.05) is 0 Å². The summed E-state index contributed by atoms with van der Waals surface area (Å²) in [6, 6.07) is 0. The van der Waals surface area contributed by atoms with Crippen molar-refractivity contribution in [2.75, 3.05) is 7.11 Å². The van der Waals surface area contributed by atoms with Gasteiger partial charge in [-0.05, 0) is 13.1 Å². The fourth-order valence-corrected chi connectivity index (χ4v) is 7.19. The van der Waals surface area contributed by atoms with Crippen LogP contribution in [0.3, 0.4) is 0 Å². The van der Waals surface area contributed by atoms with Crippen LogP contribution in [0.1, 0.15) is 0 Å². The van der Waals surface area contributed by atoms with Crippen LogP contribution in [-0.4, -0.2) is 44.1 Å². The summed E-state index contributed by atoms with van der Waals surface area (Å²) in [6.45, 7) is 4.88. The summed E-state index contributed by atoms with van der Waals surface area (Å²) < 4.78 is 15.3. The van der Waals surface area contributed by atoms with Gasteiger partial charge in [0.15, 0.2) is 0 Å². The highest BCUT2D eigenvalue weighted by Crippen LogP contribution is 2.09. The minimum absolute atomic E-state index is 1.46. The Labute approximate surface area is 77.0 Å². The van der Waals surface area contributed by atoms with Crippen LogP contribution in [-0.2, 0) is 12.7 Å². The van der Waals surface area contributed by atoms with E-state index in [1.165, 1.54) is 7.11 Å². The molecule has 0 bridgehead atoms. The summed E-state index contributed by atoms with van der Waals surface area (Å²) in [5.41, 5.74) is 0. The van der Waals surface area contributed by atoms with Gasteiger partial charge >= 0.3 is 27.4 Å². The first-order valence-corrected chi connectivity index (χ1v) is 10.2. The van der Waals surface area contributed by atoms with E-state index in [2.05, 4.69) is 0 Å². The lowest BCUT2D eigenvalue weighted by atomic mass is 11.8. The molecule has 0 aliphatic carbocycles. The molecule has 8 heteroatoms. The van der Waals surface area contributed by atoms with E-state index in [0.29, 0.717) is 0 Å². The zero-order chi connectivity index (χ0) is 9.78. The van der Waals surface area contributed by atoms with Gasteiger partial charge in [0.25, 0.3) is 0 Å². The summed E-state index contributed by atoms with van der Waals surface area (Å²) in [5, 5.41) is 0. The van der Waals surface area contributed by atoms with Crippen LogP contribution in [0.2, 0.25) is 19.6 Å². The van der Waals surface area contributed by atoms with Crippen molar-refractivity contribution in [3.63, 3.8) is 0 Å².